The van der Waals surface area contributed by atoms with Crippen LogP contribution >= 0.6 is 11.3 Å². The largest absolute Gasteiger partial charge is 0.396 e. The van der Waals surface area contributed by atoms with Crippen LogP contribution in [0.4, 0.5) is 11.5 Å². The van der Waals surface area contributed by atoms with Gasteiger partial charge in [0.25, 0.3) is 0 Å². The Morgan fingerprint density at radius 2 is 2.25 bits per heavy atom. The topological polar surface area (TPSA) is 99.7 Å². The average Bonchev–Trinajstić information content (AvgIpc) is 3.02. The second-order valence-corrected chi connectivity index (χ2v) is 6.32. The summed E-state index contributed by atoms with van der Waals surface area (Å²) < 4.78 is 1.21. The molecule has 0 aliphatic carbocycles. The number of nitrogen functional groups attached to an aromatic ring is 1. The maximum absolute atomic E-state index is 7.49. The van der Waals surface area contributed by atoms with Crippen LogP contribution in [0.15, 0.2) is 42.9 Å². The van der Waals surface area contributed by atoms with Gasteiger partial charge in [0.05, 0.1) is 17.9 Å². The van der Waals surface area contributed by atoms with E-state index in [1.54, 1.807) is 42.9 Å². The fraction of sp³-hybridized carbons (Fsp3) is 0.118. The van der Waals surface area contributed by atoms with Gasteiger partial charge in [-0.1, -0.05) is 0 Å². The number of aromatic nitrogens is 2. The lowest BCUT2D eigenvalue weighted by Crippen LogP contribution is -2.06. The van der Waals surface area contributed by atoms with Crippen molar-refractivity contribution in [1.82, 2.24) is 15.3 Å². The molecule has 0 bridgehead atoms. The molecule has 0 aliphatic heterocycles. The lowest BCUT2D eigenvalue weighted by molar-refractivity contribution is 1.10. The molecule has 3 heterocycles. The zero-order valence-electron chi connectivity index (χ0n) is 13.2. The summed E-state index contributed by atoms with van der Waals surface area (Å²) >= 11 is 1.72. The van der Waals surface area contributed by atoms with Gasteiger partial charge in [-0.05, 0) is 24.3 Å². The summed E-state index contributed by atoms with van der Waals surface area (Å²) in [4.78, 5) is 9.85. The number of nitrogens with zero attached hydrogens (tertiary/aromatic N) is 2. The molecule has 0 fully saturated rings. The van der Waals surface area contributed by atoms with Crippen molar-refractivity contribution in [1.29, 1.82) is 5.41 Å². The minimum absolute atomic E-state index is 0.579. The zero-order valence-corrected chi connectivity index (χ0v) is 14.0. The van der Waals surface area contributed by atoms with E-state index in [2.05, 4.69) is 26.7 Å². The highest BCUT2D eigenvalue weighted by molar-refractivity contribution is 7.19. The molecule has 3 aromatic rings. The number of hydrogen-bond acceptors (Lipinski definition) is 7. The molecule has 122 valence electrons. The minimum Gasteiger partial charge on any atom is -0.396 e. The molecular weight excluding hydrogens is 320 g/mol. The number of pyridine rings is 2. The Labute approximate surface area is 144 Å². The molecule has 6 nitrogen and oxygen atoms in total. The molecule has 3 aromatic heterocycles. The highest BCUT2D eigenvalue weighted by Crippen LogP contribution is 2.26. The molecule has 0 atom stereocenters. The van der Waals surface area contributed by atoms with Crippen LogP contribution in [0.1, 0.15) is 10.6 Å². The van der Waals surface area contributed by atoms with Crippen LogP contribution in [-0.4, -0.2) is 23.2 Å². The number of nitrogens with one attached hydrogen (secondary N) is 3. The van der Waals surface area contributed by atoms with Gasteiger partial charge >= 0.3 is 0 Å². The van der Waals surface area contributed by atoms with E-state index < -0.39 is 0 Å². The quantitative estimate of drug-likeness (QED) is 0.518. The van der Waals surface area contributed by atoms with Crippen LogP contribution < -0.4 is 16.4 Å². The van der Waals surface area contributed by atoms with E-state index in [-0.39, 0.29) is 0 Å². The van der Waals surface area contributed by atoms with Crippen molar-refractivity contribution < 1.29 is 0 Å². The number of allylic oxidation sites excluding steroid dienone is 1. The number of thiophene rings is 1. The molecule has 0 amide bonds. The monoisotopic (exact) mass is 338 g/mol. The molecule has 24 heavy (non-hydrogen) atoms. The second-order valence-electron chi connectivity index (χ2n) is 5.15. The zero-order chi connectivity index (χ0) is 16.9. The predicted octanol–water partition coefficient (Wildman–Crippen LogP) is 3.10. The Balaban J connectivity index is 1.81. The third-order valence-electron chi connectivity index (χ3n) is 3.48. The SMILES string of the molecule is CN/C=C(\C=N)c1ccc(N)c(NCc2cc3cnccc3s2)n1. The van der Waals surface area contributed by atoms with Gasteiger partial charge in [-0.25, -0.2) is 4.98 Å². The summed E-state index contributed by atoms with van der Waals surface area (Å²) in [7, 11) is 1.79. The standard InChI is InChI=1S/C17H18N6S/c1-20-8-12(7-18)15-3-2-14(19)17(23-15)22-10-13-6-11-9-21-5-4-16(11)24-13/h2-9,18,20H,10,19H2,1H3,(H,22,23)/b12-8+,18-7?. The summed E-state index contributed by atoms with van der Waals surface area (Å²) in [5.74, 6) is 0.618. The fourth-order valence-corrected chi connectivity index (χ4v) is 3.29. The van der Waals surface area contributed by atoms with Crippen molar-refractivity contribution in [2.45, 2.75) is 6.54 Å². The molecule has 0 aromatic carbocycles. The number of nitrogens with two attached hydrogens (primary N) is 1. The summed E-state index contributed by atoms with van der Waals surface area (Å²) in [6, 6.07) is 7.73. The Kier molecular flexibility index (Phi) is 4.72. The highest BCUT2D eigenvalue weighted by Gasteiger charge is 2.07. The van der Waals surface area contributed by atoms with E-state index in [0.29, 0.717) is 29.3 Å². The molecule has 0 saturated heterocycles. The molecule has 0 radical (unpaired) electrons. The van der Waals surface area contributed by atoms with Gasteiger partial charge in [0.1, 0.15) is 5.82 Å². The number of rotatable bonds is 6. The van der Waals surface area contributed by atoms with Gasteiger partial charge in [0.2, 0.25) is 0 Å². The maximum atomic E-state index is 7.49. The van der Waals surface area contributed by atoms with Gasteiger partial charge < -0.3 is 21.8 Å². The predicted molar refractivity (Wildman–Crippen MR) is 101 cm³/mol. The lowest BCUT2D eigenvalue weighted by atomic mass is 10.2. The van der Waals surface area contributed by atoms with E-state index in [4.69, 9.17) is 11.1 Å². The number of hydrogen-bond donors (Lipinski definition) is 4. The van der Waals surface area contributed by atoms with E-state index in [0.717, 1.165) is 5.39 Å². The molecule has 0 aliphatic rings. The first-order valence-corrected chi connectivity index (χ1v) is 8.24. The van der Waals surface area contributed by atoms with Crippen molar-refractivity contribution in [3.63, 3.8) is 0 Å². The number of anilines is 2. The molecule has 0 unspecified atom stereocenters. The second kappa shape index (κ2) is 7.10. The van der Waals surface area contributed by atoms with Crippen molar-refractivity contribution in [3.8, 4) is 0 Å². The van der Waals surface area contributed by atoms with Crippen LogP contribution in [-0.2, 0) is 6.54 Å². The lowest BCUT2D eigenvalue weighted by Gasteiger charge is -2.10. The summed E-state index contributed by atoms with van der Waals surface area (Å²) in [5, 5.41) is 14.8. The first-order chi connectivity index (χ1) is 11.7. The molecule has 5 N–H and O–H groups in total. The normalized spacial score (nSPS) is 11.5. The van der Waals surface area contributed by atoms with Crippen LogP contribution in [0.3, 0.4) is 0 Å². The Morgan fingerprint density at radius 1 is 1.38 bits per heavy atom. The maximum Gasteiger partial charge on any atom is 0.150 e. The molecular formula is C17H18N6S. The van der Waals surface area contributed by atoms with E-state index >= 15 is 0 Å². The highest BCUT2D eigenvalue weighted by atomic mass is 32.1. The Bertz CT molecular complexity index is 866. The van der Waals surface area contributed by atoms with E-state index in [9.17, 15) is 0 Å². The third kappa shape index (κ3) is 3.36. The van der Waals surface area contributed by atoms with Gasteiger partial charge in [-0.3, -0.25) is 4.98 Å². The fourth-order valence-electron chi connectivity index (χ4n) is 2.31. The summed E-state index contributed by atoms with van der Waals surface area (Å²) in [5.41, 5.74) is 7.98. The van der Waals surface area contributed by atoms with Crippen molar-refractivity contribution in [2.75, 3.05) is 18.1 Å². The smallest absolute Gasteiger partial charge is 0.150 e. The molecule has 0 spiro atoms. The number of fused-ring (bicyclic) bond motifs is 1. The van der Waals surface area contributed by atoms with Crippen molar-refractivity contribution in [3.05, 3.63) is 53.4 Å². The molecule has 0 saturated carbocycles. The van der Waals surface area contributed by atoms with Crippen molar-refractivity contribution >= 4 is 44.7 Å². The van der Waals surface area contributed by atoms with Crippen LogP contribution in [0.5, 0.6) is 0 Å². The van der Waals surface area contributed by atoms with Gasteiger partial charge in [0, 0.05) is 52.4 Å². The van der Waals surface area contributed by atoms with Gasteiger partial charge in [0.15, 0.2) is 0 Å². The Morgan fingerprint density at radius 3 is 3.00 bits per heavy atom. The molecule has 3 rings (SSSR count). The van der Waals surface area contributed by atoms with Crippen LogP contribution in [0.25, 0.3) is 15.7 Å². The third-order valence-corrected chi connectivity index (χ3v) is 4.59. The van der Waals surface area contributed by atoms with E-state index in [1.807, 2.05) is 12.3 Å². The van der Waals surface area contributed by atoms with Crippen LogP contribution in [0, 0.1) is 5.41 Å². The van der Waals surface area contributed by atoms with Crippen molar-refractivity contribution in [2.24, 2.45) is 0 Å². The minimum atomic E-state index is 0.579. The summed E-state index contributed by atoms with van der Waals surface area (Å²) in [6.45, 7) is 0.635. The van der Waals surface area contributed by atoms with E-state index in [1.165, 1.54) is 15.8 Å². The summed E-state index contributed by atoms with van der Waals surface area (Å²) in [6.07, 6.45) is 6.65. The first-order valence-electron chi connectivity index (χ1n) is 7.42. The Hall–Kier alpha value is -2.93. The first kappa shape index (κ1) is 15.9. The molecule has 7 heteroatoms. The average molecular weight is 338 g/mol. The van der Waals surface area contributed by atoms with Crippen LogP contribution in [0.2, 0.25) is 0 Å². The van der Waals surface area contributed by atoms with Gasteiger partial charge in [-0.15, -0.1) is 11.3 Å². The van der Waals surface area contributed by atoms with Gasteiger partial charge in [-0.2, -0.15) is 0 Å².